The predicted octanol–water partition coefficient (Wildman–Crippen LogP) is 3.30. The molecule has 2 nitrogen and oxygen atoms in total. The SMILES string of the molecule is NCC1(N2CCCCCC2)CCCCCCC1. The molecule has 17 heavy (non-hydrogen) atoms. The van der Waals surface area contributed by atoms with Gasteiger partial charge in [0.25, 0.3) is 0 Å². The molecule has 2 fully saturated rings. The zero-order valence-corrected chi connectivity index (χ0v) is 11.4. The van der Waals surface area contributed by atoms with Crippen molar-refractivity contribution in [2.75, 3.05) is 19.6 Å². The number of nitrogens with two attached hydrogens (primary N) is 1. The molecule has 0 atom stereocenters. The first-order valence-electron chi connectivity index (χ1n) is 7.82. The van der Waals surface area contributed by atoms with Gasteiger partial charge in [-0.15, -0.1) is 0 Å². The second kappa shape index (κ2) is 6.75. The lowest BCUT2D eigenvalue weighted by atomic mass is 9.82. The van der Waals surface area contributed by atoms with E-state index in [1.165, 1.54) is 83.7 Å². The van der Waals surface area contributed by atoms with Gasteiger partial charge < -0.3 is 5.73 Å². The van der Waals surface area contributed by atoms with E-state index in [-0.39, 0.29) is 0 Å². The minimum absolute atomic E-state index is 0.366. The van der Waals surface area contributed by atoms with Gasteiger partial charge in [-0.3, -0.25) is 4.90 Å². The third kappa shape index (κ3) is 3.45. The van der Waals surface area contributed by atoms with E-state index in [0.717, 1.165) is 6.54 Å². The van der Waals surface area contributed by atoms with Gasteiger partial charge in [-0.2, -0.15) is 0 Å². The Hall–Kier alpha value is -0.0800. The van der Waals surface area contributed by atoms with Crippen LogP contribution in [-0.4, -0.2) is 30.1 Å². The second-order valence-electron chi connectivity index (χ2n) is 6.10. The molecule has 0 aromatic carbocycles. The number of hydrogen-bond donors (Lipinski definition) is 1. The van der Waals surface area contributed by atoms with Gasteiger partial charge in [-0.05, 0) is 38.8 Å². The van der Waals surface area contributed by atoms with Crippen LogP contribution in [0.5, 0.6) is 0 Å². The smallest absolute Gasteiger partial charge is 0.0331 e. The minimum Gasteiger partial charge on any atom is -0.329 e. The molecule has 1 heterocycles. The first kappa shape index (κ1) is 13.4. The van der Waals surface area contributed by atoms with Crippen molar-refractivity contribution in [2.45, 2.75) is 76.2 Å². The molecule has 0 aromatic heterocycles. The first-order valence-corrected chi connectivity index (χ1v) is 7.82. The van der Waals surface area contributed by atoms with E-state index in [9.17, 15) is 0 Å². The lowest BCUT2D eigenvalue weighted by molar-refractivity contribution is 0.0701. The molecule has 1 aliphatic heterocycles. The fourth-order valence-electron chi connectivity index (χ4n) is 3.76. The number of likely N-dealkylation sites (tertiary alicyclic amines) is 1. The lowest BCUT2D eigenvalue weighted by Gasteiger charge is -2.44. The van der Waals surface area contributed by atoms with Crippen molar-refractivity contribution >= 4 is 0 Å². The molecular formula is C15H30N2. The maximum atomic E-state index is 6.20. The molecule has 1 saturated carbocycles. The topological polar surface area (TPSA) is 29.3 Å². The Bertz CT molecular complexity index is 199. The van der Waals surface area contributed by atoms with Crippen molar-refractivity contribution in [3.8, 4) is 0 Å². The molecule has 0 spiro atoms. The molecular weight excluding hydrogens is 208 g/mol. The number of hydrogen-bond acceptors (Lipinski definition) is 2. The van der Waals surface area contributed by atoms with Gasteiger partial charge in [0.05, 0.1) is 0 Å². The van der Waals surface area contributed by atoms with E-state index in [1.54, 1.807) is 0 Å². The summed E-state index contributed by atoms with van der Waals surface area (Å²) < 4.78 is 0. The van der Waals surface area contributed by atoms with Gasteiger partial charge in [-0.25, -0.2) is 0 Å². The van der Waals surface area contributed by atoms with Gasteiger partial charge in [0.1, 0.15) is 0 Å². The molecule has 2 N–H and O–H groups in total. The Morgan fingerprint density at radius 2 is 1.18 bits per heavy atom. The van der Waals surface area contributed by atoms with Crippen LogP contribution in [-0.2, 0) is 0 Å². The van der Waals surface area contributed by atoms with Crippen molar-refractivity contribution in [1.82, 2.24) is 4.90 Å². The monoisotopic (exact) mass is 238 g/mol. The summed E-state index contributed by atoms with van der Waals surface area (Å²) in [5.41, 5.74) is 6.56. The molecule has 2 rings (SSSR count). The highest BCUT2D eigenvalue weighted by molar-refractivity contribution is 4.93. The largest absolute Gasteiger partial charge is 0.329 e. The van der Waals surface area contributed by atoms with Crippen LogP contribution in [0.25, 0.3) is 0 Å². The minimum atomic E-state index is 0.366. The molecule has 1 saturated heterocycles. The van der Waals surface area contributed by atoms with Crippen molar-refractivity contribution in [1.29, 1.82) is 0 Å². The predicted molar refractivity (Wildman–Crippen MR) is 74.1 cm³/mol. The molecule has 0 bridgehead atoms. The fourth-order valence-corrected chi connectivity index (χ4v) is 3.76. The van der Waals surface area contributed by atoms with E-state index in [2.05, 4.69) is 4.90 Å². The van der Waals surface area contributed by atoms with Crippen molar-refractivity contribution in [3.05, 3.63) is 0 Å². The number of rotatable bonds is 2. The van der Waals surface area contributed by atoms with Crippen LogP contribution in [0.1, 0.15) is 70.6 Å². The van der Waals surface area contributed by atoms with Gasteiger partial charge in [0.2, 0.25) is 0 Å². The van der Waals surface area contributed by atoms with Crippen LogP contribution in [0.2, 0.25) is 0 Å². The van der Waals surface area contributed by atoms with E-state index < -0.39 is 0 Å². The first-order chi connectivity index (χ1) is 8.37. The maximum Gasteiger partial charge on any atom is 0.0331 e. The highest BCUT2D eigenvalue weighted by Gasteiger charge is 2.35. The summed E-state index contributed by atoms with van der Waals surface area (Å²) >= 11 is 0. The average molecular weight is 238 g/mol. The molecule has 0 radical (unpaired) electrons. The maximum absolute atomic E-state index is 6.20. The second-order valence-corrected chi connectivity index (χ2v) is 6.10. The zero-order valence-electron chi connectivity index (χ0n) is 11.4. The fraction of sp³-hybridized carbons (Fsp3) is 1.00. The highest BCUT2D eigenvalue weighted by atomic mass is 15.2. The molecule has 0 amide bonds. The molecule has 2 aliphatic rings. The van der Waals surface area contributed by atoms with E-state index in [0.29, 0.717) is 5.54 Å². The summed E-state index contributed by atoms with van der Waals surface area (Å²) in [5.74, 6) is 0. The van der Waals surface area contributed by atoms with E-state index in [4.69, 9.17) is 5.73 Å². The number of nitrogens with zero attached hydrogens (tertiary/aromatic N) is 1. The van der Waals surface area contributed by atoms with Gasteiger partial charge in [0, 0.05) is 12.1 Å². The van der Waals surface area contributed by atoms with Crippen LogP contribution < -0.4 is 5.73 Å². The Morgan fingerprint density at radius 1 is 0.706 bits per heavy atom. The Morgan fingerprint density at radius 3 is 1.71 bits per heavy atom. The van der Waals surface area contributed by atoms with Crippen LogP contribution in [0.15, 0.2) is 0 Å². The van der Waals surface area contributed by atoms with Gasteiger partial charge >= 0.3 is 0 Å². The van der Waals surface area contributed by atoms with Crippen molar-refractivity contribution in [2.24, 2.45) is 5.73 Å². The van der Waals surface area contributed by atoms with Crippen LogP contribution >= 0.6 is 0 Å². The van der Waals surface area contributed by atoms with E-state index >= 15 is 0 Å². The zero-order chi connectivity index (χ0) is 12.0. The molecule has 0 aromatic rings. The summed E-state index contributed by atoms with van der Waals surface area (Å²) in [6.07, 6.45) is 15.4. The van der Waals surface area contributed by atoms with Gasteiger partial charge in [-0.1, -0.05) is 44.9 Å². The van der Waals surface area contributed by atoms with Crippen molar-refractivity contribution in [3.63, 3.8) is 0 Å². The summed E-state index contributed by atoms with van der Waals surface area (Å²) in [5, 5.41) is 0. The quantitative estimate of drug-likeness (QED) is 0.800. The standard InChI is InChI=1S/C15H30N2/c16-14-15(10-6-2-1-3-7-11-15)17-12-8-4-5-9-13-17/h1-14,16H2. The average Bonchev–Trinajstić information content (AvgIpc) is 2.59. The van der Waals surface area contributed by atoms with Gasteiger partial charge in [0.15, 0.2) is 0 Å². The third-order valence-corrected chi connectivity index (χ3v) is 4.94. The van der Waals surface area contributed by atoms with E-state index in [1.807, 2.05) is 0 Å². The van der Waals surface area contributed by atoms with Crippen LogP contribution in [0, 0.1) is 0 Å². The molecule has 100 valence electrons. The lowest BCUT2D eigenvalue weighted by Crippen LogP contribution is -2.54. The van der Waals surface area contributed by atoms with Crippen LogP contribution in [0.3, 0.4) is 0 Å². The summed E-state index contributed by atoms with van der Waals surface area (Å²) in [6.45, 7) is 3.49. The summed E-state index contributed by atoms with van der Waals surface area (Å²) in [7, 11) is 0. The normalized spacial score (nSPS) is 28.1. The molecule has 2 heteroatoms. The summed E-state index contributed by atoms with van der Waals surface area (Å²) in [6, 6.07) is 0. The molecule has 1 aliphatic carbocycles. The Labute approximate surface area is 107 Å². The molecule has 0 unspecified atom stereocenters. The van der Waals surface area contributed by atoms with Crippen molar-refractivity contribution < 1.29 is 0 Å². The third-order valence-electron chi connectivity index (χ3n) is 4.94. The Kier molecular flexibility index (Phi) is 5.30. The highest BCUT2D eigenvalue weighted by Crippen LogP contribution is 2.32. The Balaban J connectivity index is 2.03. The van der Waals surface area contributed by atoms with Crippen LogP contribution in [0.4, 0.5) is 0 Å². The summed E-state index contributed by atoms with van der Waals surface area (Å²) in [4.78, 5) is 2.77.